The molecule has 0 bridgehead atoms. The molecule has 0 aliphatic carbocycles. The van der Waals surface area contributed by atoms with Gasteiger partial charge in [0, 0.05) is 17.8 Å². The van der Waals surface area contributed by atoms with Gasteiger partial charge in [-0.3, -0.25) is 4.68 Å². The van der Waals surface area contributed by atoms with Crippen molar-refractivity contribution in [3.05, 3.63) is 52.8 Å². The Morgan fingerprint density at radius 1 is 1.28 bits per heavy atom. The van der Waals surface area contributed by atoms with E-state index in [2.05, 4.69) is 12.0 Å². The monoisotopic (exact) mass is 264 g/mol. The summed E-state index contributed by atoms with van der Waals surface area (Å²) in [5, 5.41) is 15.6. The first-order valence-electron chi connectivity index (χ1n) is 6.06. The summed E-state index contributed by atoms with van der Waals surface area (Å²) in [6.07, 6.45) is 2.70. The predicted octanol–water partition coefficient (Wildman–Crippen LogP) is 3.20. The molecule has 18 heavy (non-hydrogen) atoms. The first-order valence-corrected chi connectivity index (χ1v) is 6.44. The lowest BCUT2D eigenvalue weighted by atomic mass is 9.92. The van der Waals surface area contributed by atoms with Crippen molar-refractivity contribution in [2.45, 2.75) is 32.4 Å². The van der Waals surface area contributed by atoms with Crippen molar-refractivity contribution >= 4 is 11.6 Å². The van der Waals surface area contributed by atoms with E-state index in [9.17, 15) is 5.11 Å². The second-order valence-corrected chi connectivity index (χ2v) is 4.96. The molecule has 0 radical (unpaired) electrons. The SMILES string of the molecule is CCCn1nccc1C(C)(O)c1ccc(Cl)cc1. The van der Waals surface area contributed by atoms with E-state index < -0.39 is 5.60 Å². The van der Waals surface area contributed by atoms with Crippen LogP contribution in [0.4, 0.5) is 0 Å². The van der Waals surface area contributed by atoms with Crippen LogP contribution in [0.5, 0.6) is 0 Å². The molecule has 1 unspecified atom stereocenters. The third-order valence-electron chi connectivity index (χ3n) is 3.06. The average molecular weight is 265 g/mol. The number of halogens is 1. The highest BCUT2D eigenvalue weighted by Crippen LogP contribution is 2.29. The first kappa shape index (κ1) is 13.1. The van der Waals surface area contributed by atoms with Crippen LogP contribution in [0.2, 0.25) is 5.02 Å². The Kier molecular flexibility index (Phi) is 3.73. The third-order valence-corrected chi connectivity index (χ3v) is 3.31. The van der Waals surface area contributed by atoms with Crippen LogP contribution in [0.25, 0.3) is 0 Å². The van der Waals surface area contributed by atoms with Gasteiger partial charge < -0.3 is 5.11 Å². The van der Waals surface area contributed by atoms with Gasteiger partial charge in [-0.2, -0.15) is 5.10 Å². The standard InChI is InChI=1S/C14H17ClN2O/c1-3-10-17-13(8-9-16-17)14(2,18)11-4-6-12(15)7-5-11/h4-9,18H,3,10H2,1-2H3. The number of aryl methyl sites for hydroxylation is 1. The molecule has 0 amide bonds. The first-order chi connectivity index (χ1) is 8.55. The summed E-state index contributed by atoms with van der Waals surface area (Å²) < 4.78 is 1.84. The second-order valence-electron chi connectivity index (χ2n) is 4.52. The largest absolute Gasteiger partial charge is 0.379 e. The van der Waals surface area contributed by atoms with Crippen molar-refractivity contribution < 1.29 is 5.11 Å². The van der Waals surface area contributed by atoms with Gasteiger partial charge in [0.1, 0.15) is 5.60 Å². The topological polar surface area (TPSA) is 38.0 Å². The number of aromatic nitrogens is 2. The molecule has 1 heterocycles. The van der Waals surface area contributed by atoms with E-state index in [1.165, 1.54) is 0 Å². The third kappa shape index (κ3) is 2.42. The fourth-order valence-electron chi connectivity index (χ4n) is 2.06. The van der Waals surface area contributed by atoms with Gasteiger partial charge in [0.25, 0.3) is 0 Å². The average Bonchev–Trinajstić information content (AvgIpc) is 2.79. The van der Waals surface area contributed by atoms with Crippen LogP contribution < -0.4 is 0 Å². The van der Waals surface area contributed by atoms with Crippen LogP contribution in [0.3, 0.4) is 0 Å². The van der Waals surface area contributed by atoms with Crippen molar-refractivity contribution in [3.8, 4) is 0 Å². The Morgan fingerprint density at radius 3 is 2.56 bits per heavy atom. The summed E-state index contributed by atoms with van der Waals surface area (Å²) in [6, 6.07) is 9.10. The molecule has 96 valence electrons. The summed E-state index contributed by atoms with van der Waals surface area (Å²) in [4.78, 5) is 0. The number of benzene rings is 1. The molecular formula is C14H17ClN2O. The van der Waals surface area contributed by atoms with Crippen LogP contribution in [0.15, 0.2) is 36.5 Å². The minimum Gasteiger partial charge on any atom is -0.379 e. The number of hydrogen-bond donors (Lipinski definition) is 1. The van der Waals surface area contributed by atoms with E-state index in [1.807, 2.05) is 22.9 Å². The van der Waals surface area contributed by atoms with Gasteiger partial charge in [0.05, 0.1) is 5.69 Å². The van der Waals surface area contributed by atoms with Crippen molar-refractivity contribution in [3.63, 3.8) is 0 Å². The Hall–Kier alpha value is -1.32. The van der Waals surface area contributed by atoms with Gasteiger partial charge in [-0.25, -0.2) is 0 Å². The Balaban J connectivity index is 2.40. The van der Waals surface area contributed by atoms with E-state index >= 15 is 0 Å². The van der Waals surface area contributed by atoms with Gasteiger partial charge in [-0.15, -0.1) is 0 Å². The van der Waals surface area contributed by atoms with Crippen LogP contribution in [0.1, 0.15) is 31.5 Å². The van der Waals surface area contributed by atoms with Gasteiger partial charge >= 0.3 is 0 Å². The molecule has 0 spiro atoms. The highest BCUT2D eigenvalue weighted by atomic mass is 35.5. The lowest BCUT2D eigenvalue weighted by Crippen LogP contribution is -2.27. The van der Waals surface area contributed by atoms with E-state index in [0.717, 1.165) is 24.2 Å². The zero-order valence-electron chi connectivity index (χ0n) is 10.6. The smallest absolute Gasteiger partial charge is 0.128 e. The maximum absolute atomic E-state index is 10.7. The van der Waals surface area contributed by atoms with Crippen molar-refractivity contribution in [2.24, 2.45) is 0 Å². The summed E-state index contributed by atoms with van der Waals surface area (Å²) in [5.41, 5.74) is 0.549. The van der Waals surface area contributed by atoms with Gasteiger partial charge in [-0.05, 0) is 37.1 Å². The fourth-order valence-corrected chi connectivity index (χ4v) is 2.18. The molecule has 0 saturated heterocycles. The minimum absolute atomic E-state index is 0.664. The molecule has 2 rings (SSSR count). The van der Waals surface area contributed by atoms with Crippen molar-refractivity contribution in [1.29, 1.82) is 0 Å². The fraction of sp³-hybridized carbons (Fsp3) is 0.357. The highest BCUT2D eigenvalue weighted by Gasteiger charge is 2.29. The quantitative estimate of drug-likeness (QED) is 0.921. The van der Waals surface area contributed by atoms with Crippen molar-refractivity contribution in [2.75, 3.05) is 0 Å². The zero-order chi connectivity index (χ0) is 13.2. The number of nitrogens with zero attached hydrogens (tertiary/aromatic N) is 2. The molecule has 0 saturated carbocycles. The maximum Gasteiger partial charge on any atom is 0.128 e. The normalized spacial score (nSPS) is 14.4. The lowest BCUT2D eigenvalue weighted by molar-refractivity contribution is 0.0914. The molecule has 0 fully saturated rings. The Labute approximate surface area is 112 Å². The number of rotatable bonds is 4. The summed E-state index contributed by atoms with van der Waals surface area (Å²) in [7, 11) is 0. The number of aliphatic hydroxyl groups is 1. The van der Waals surface area contributed by atoms with Crippen LogP contribution in [-0.4, -0.2) is 14.9 Å². The second kappa shape index (κ2) is 5.12. The van der Waals surface area contributed by atoms with E-state index in [-0.39, 0.29) is 0 Å². The minimum atomic E-state index is -1.06. The van der Waals surface area contributed by atoms with Gasteiger partial charge in [0.2, 0.25) is 0 Å². The number of hydrogen-bond acceptors (Lipinski definition) is 2. The van der Waals surface area contributed by atoms with E-state index in [4.69, 9.17) is 11.6 Å². The molecule has 1 N–H and O–H groups in total. The molecule has 0 aliphatic heterocycles. The van der Waals surface area contributed by atoms with Gasteiger partial charge in [-0.1, -0.05) is 30.7 Å². The molecule has 0 aliphatic rings. The molecule has 3 nitrogen and oxygen atoms in total. The van der Waals surface area contributed by atoms with E-state index in [0.29, 0.717) is 5.02 Å². The van der Waals surface area contributed by atoms with Crippen LogP contribution in [-0.2, 0) is 12.1 Å². The summed E-state index contributed by atoms with van der Waals surface area (Å²) in [6.45, 7) is 4.66. The summed E-state index contributed by atoms with van der Waals surface area (Å²) >= 11 is 5.87. The molecule has 1 aromatic heterocycles. The molecule has 2 aromatic rings. The lowest BCUT2D eigenvalue weighted by Gasteiger charge is -2.25. The van der Waals surface area contributed by atoms with Crippen LogP contribution in [0, 0.1) is 0 Å². The highest BCUT2D eigenvalue weighted by molar-refractivity contribution is 6.30. The van der Waals surface area contributed by atoms with E-state index in [1.54, 1.807) is 25.3 Å². The molecule has 1 aromatic carbocycles. The molecule has 1 atom stereocenters. The molecule has 4 heteroatoms. The van der Waals surface area contributed by atoms with Crippen LogP contribution >= 0.6 is 11.6 Å². The molecular weight excluding hydrogens is 248 g/mol. The Morgan fingerprint density at radius 2 is 1.94 bits per heavy atom. The summed E-state index contributed by atoms with van der Waals surface area (Å²) in [5.74, 6) is 0. The van der Waals surface area contributed by atoms with Crippen molar-refractivity contribution in [1.82, 2.24) is 9.78 Å². The predicted molar refractivity (Wildman–Crippen MR) is 72.6 cm³/mol. The maximum atomic E-state index is 10.7. The zero-order valence-corrected chi connectivity index (χ0v) is 11.4. The Bertz CT molecular complexity index is 517. The van der Waals surface area contributed by atoms with Gasteiger partial charge in [0.15, 0.2) is 0 Å².